The van der Waals surface area contributed by atoms with Crippen LogP contribution in [-0.2, 0) is 0 Å². The Morgan fingerprint density at radius 1 is 1.12 bits per heavy atom. The van der Waals surface area contributed by atoms with Crippen molar-refractivity contribution in [3.8, 4) is 17.2 Å². The second kappa shape index (κ2) is 6.72. The summed E-state index contributed by atoms with van der Waals surface area (Å²) in [6.07, 6.45) is 6.90. The van der Waals surface area contributed by atoms with Gasteiger partial charge >= 0.3 is 0 Å². The number of thiazole rings is 1. The van der Waals surface area contributed by atoms with Gasteiger partial charge in [0, 0.05) is 17.8 Å². The van der Waals surface area contributed by atoms with Crippen molar-refractivity contribution in [2.24, 2.45) is 0 Å². The van der Waals surface area contributed by atoms with Gasteiger partial charge in [0.15, 0.2) is 16.6 Å². The second-order valence-corrected chi connectivity index (χ2v) is 5.81. The number of rotatable bonds is 4. The first-order valence-electron chi connectivity index (χ1n) is 7.26. The molecule has 4 aromatic heterocycles. The number of halogens is 1. The molecular weight excluding hydrogens is 359 g/mol. The maximum Gasteiger partial charge on any atom is 0.277 e. The van der Waals surface area contributed by atoms with Crippen molar-refractivity contribution in [1.82, 2.24) is 34.9 Å². The zero-order chi connectivity index (χ0) is 17.9. The average Bonchev–Trinajstić information content (AvgIpc) is 3.32. The van der Waals surface area contributed by atoms with Crippen molar-refractivity contribution in [3.05, 3.63) is 60.0 Å². The van der Waals surface area contributed by atoms with Gasteiger partial charge < -0.3 is 0 Å². The molecule has 0 saturated carbocycles. The molecule has 0 saturated heterocycles. The lowest BCUT2D eigenvalue weighted by Crippen LogP contribution is -2.17. The molecule has 0 fully saturated rings. The number of nitrogens with zero attached hydrogens (tertiary/aromatic N) is 7. The number of pyridine rings is 1. The van der Waals surface area contributed by atoms with Crippen LogP contribution in [0.1, 0.15) is 10.5 Å². The molecule has 128 valence electrons. The van der Waals surface area contributed by atoms with Crippen LogP contribution in [0.25, 0.3) is 17.2 Å². The fraction of sp³-hybridized carbons (Fsp3) is 0. The van der Waals surface area contributed by atoms with Crippen LogP contribution < -0.4 is 5.32 Å². The van der Waals surface area contributed by atoms with Gasteiger partial charge in [0.05, 0.1) is 24.3 Å². The Morgan fingerprint density at radius 3 is 2.81 bits per heavy atom. The standard InChI is InChI=1S/C15H9FN8OS/c16-9-1-2-10(19-5-9)11-8-26-15(21-11)22-14(25)12-6-20-23-24(12)13-7-17-3-4-18-13/h1-8H,(H,21,22,25). The van der Waals surface area contributed by atoms with Gasteiger partial charge in [0.1, 0.15) is 11.5 Å². The van der Waals surface area contributed by atoms with Crippen LogP contribution in [-0.4, -0.2) is 40.8 Å². The van der Waals surface area contributed by atoms with Gasteiger partial charge in [0.25, 0.3) is 5.91 Å². The summed E-state index contributed by atoms with van der Waals surface area (Å²) < 4.78 is 14.2. The number of carbonyl (C=O) groups is 1. The van der Waals surface area contributed by atoms with Crippen molar-refractivity contribution in [2.45, 2.75) is 0 Å². The molecule has 1 amide bonds. The lowest BCUT2D eigenvalue weighted by Gasteiger charge is -2.04. The number of aromatic nitrogens is 7. The molecule has 4 aromatic rings. The van der Waals surface area contributed by atoms with E-state index in [2.05, 4.69) is 35.6 Å². The summed E-state index contributed by atoms with van der Waals surface area (Å²) in [4.78, 5) is 28.8. The van der Waals surface area contributed by atoms with Crippen LogP contribution in [0, 0.1) is 5.82 Å². The van der Waals surface area contributed by atoms with E-state index >= 15 is 0 Å². The van der Waals surface area contributed by atoms with E-state index in [0.29, 0.717) is 22.3 Å². The van der Waals surface area contributed by atoms with Crippen LogP contribution >= 0.6 is 11.3 Å². The highest BCUT2D eigenvalue weighted by Gasteiger charge is 2.17. The molecular formula is C15H9FN8OS. The zero-order valence-electron chi connectivity index (χ0n) is 12.9. The molecule has 11 heteroatoms. The number of amides is 1. The molecule has 0 atom stereocenters. The normalized spacial score (nSPS) is 10.7. The highest BCUT2D eigenvalue weighted by Crippen LogP contribution is 2.24. The van der Waals surface area contributed by atoms with Gasteiger partial charge in [-0.15, -0.1) is 16.4 Å². The van der Waals surface area contributed by atoms with Crippen LogP contribution in [0.3, 0.4) is 0 Å². The molecule has 0 unspecified atom stereocenters. The van der Waals surface area contributed by atoms with Crippen LogP contribution in [0.5, 0.6) is 0 Å². The molecule has 9 nitrogen and oxygen atoms in total. The fourth-order valence-electron chi connectivity index (χ4n) is 2.10. The summed E-state index contributed by atoms with van der Waals surface area (Å²) in [5, 5.41) is 12.3. The number of carbonyl (C=O) groups excluding carboxylic acids is 1. The molecule has 0 radical (unpaired) electrons. The minimum atomic E-state index is -0.450. The molecule has 0 bridgehead atoms. The number of anilines is 1. The Morgan fingerprint density at radius 2 is 2.04 bits per heavy atom. The molecule has 0 aromatic carbocycles. The van der Waals surface area contributed by atoms with Crippen LogP contribution in [0.2, 0.25) is 0 Å². The van der Waals surface area contributed by atoms with E-state index in [4.69, 9.17) is 0 Å². The first-order valence-corrected chi connectivity index (χ1v) is 8.14. The summed E-state index contributed by atoms with van der Waals surface area (Å²) >= 11 is 1.22. The quantitative estimate of drug-likeness (QED) is 0.586. The van der Waals surface area contributed by atoms with Gasteiger partial charge in [-0.05, 0) is 12.1 Å². The Hall–Kier alpha value is -3.60. The molecule has 26 heavy (non-hydrogen) atoms. The third kappa shape index (κ3) is 3.15. The SMILES string of the molecule is O=C(Nc1nc(-c2ccc(F)cn2)cs1)c1cnnn1-c1cnccn1. The van der Waals surface area contributed by atoms with Gasteiger partial charge in [-0.2, -0.15) is 4.68 Å². The lowest BCUT2D eigenvalue weighted by atomic mass is 10.3. The summed E-state index contributed by atoms with van der Waals surface area (Å²) in [6, 6.07) is 2.81. The Kier molecular flexibility index (Phi) is 4.11. The highest BCUT2D eigenvalue weighted by molar-refractivity contribution is 7.14. The minimum absolute atomic E-state index is 0.183. The van der Waals surface area contributed by atoms with Gasteiger partial charge in [-0.1, -0.05) is 5.21 Å². The van der Waals surface area contributed by atoms with E-state index in [-0.39, 0.29) is 5.69 Å². The van der Waals surface area contributed by atoms with Crippen molar-refractivity contribution in [1.29, 1.82) is 0 Å². The van der Waals surface area contributed by atoms with Gasteiger partial charge in [-0.25, -0.2) is 14.4 Å². The summed E-state index contributed by atoms with van der Waals surface area (Å²) in [5.74, 6) is -0.513. The monoisotopic (exact) mass is 368 g/mol. The molecule has 4 rings (SSSR count). The van der Waals surface area contributed by atoms with Crippen LogP contribution in [0.4, 0.5) is 9.52 Å². The molecule has 0 spiro atoms. The molecule has 4 heterocycles. The Balaban J connectivity index is 1.55. The topological polar surface area (TPSA) is 111 Å². The first kappa shape index (κ1) is 15.9. The Labute approximate surface area is 149 Å². The van der Waals surface area contributed by atoms with E-state index in [1.54, 1.807) is 5.38 Å². The van der Waals surface area contributed by atoms with Crippen molar-refractivity contribution in [2.75, 3.05) is 5.32 Å². The molecule has 1 N–H and O–H groups in total. The van der Waals surface area contributed by atoms with E-state index in [1.165, 1.54) is 52.9 Å². The summed E-state index contributed by atoms with van der Waals surface area (Å²) in [7, 11) is 0. The first-order chi connectivity index (χ1) is 12.7. The fourth-order valence-corrected chi connectivity index (χ4v) is 2.80. The van der Waals surface area contributed by atoms with Crippen molar-refractivity contribution >= 4 is 22.4 Å². The van der Waals surface area contributed by atoms with E-state index in [1.807, 2.05) is 0 Å². The maximum absolute atomic E-state index is 13.0. The summed E-state index contributed by atoms with van der Waals surface area (Å²) in [5.41, 5.74) is 1.22. The molecule has 0 aliphatic carbocycles. The smallest absolute Gasteiger partial charge is 0.277 e. The van der Waals surface area contributed by atoms with Gasteiger partial charge in [-0.3, -0.25) is 20.1 Å². The van der Waals surface area contributed by atoms with Gasteiger partial charge in [0.2, 0.25) is 0 Å². The minimum Gasteiger partial charge on any atom is -0.296 e. The summed E-state index contributed by atoms with van der Waals surface area (Å²) in [6.45, 7) is 0. The third-order valence-corrected chi connectivity index (χ3v) is 4.02. The molecule has 0 aliphatic heterocycles. The average molecular weight is 368 g/mol. The van der Waals surface area contributed by atoms with Crippen molar-refractivity contribution < 1.29 is 9.18 Å². The Bertz CT molecular complexity index is 1050. The number of hydrogen-bond donors (Lipinski definition) is 1. The van der Waals surface area contributed by atoms with E-state index in [0.717, 1.165) is 6.20 Å². The van der Waals surface area contributed by atoms with Crippen LogP contribution in [0.15, 0.2) is 48.5 Å². The van der Waals surface area contributed by atoms with E-state index < -0.39 is 11.7 Å². The van der Waals surface area contributed by atoms with Crippen molar-refractivity contribution in [3.63, 3.8) is 0 Å². The third-order valence-electron chi connectivity index (χ3n) is 3.26. The lowest BCUT2D eigenvalue weighted by molar-refractivity contribution is 0.101. The highest BCUT2D eigenvalue weighted by atomic mass is 32.1. The molecule has 0 aliphatic rings. The number of nitrogens with one attached hydrogen (secondary N) is 1. The predicted molar refractivity (Wildman–Crippen MR) is 90.2 cm³/mol. The zero-order valence-corrected chi connectivity index (χ0v) is 13.8. The second-order valence-electron chi connectivity index (χ2n) is 4.95. The largest absolute Gasteiger partial charge is 0.296 e. The maximum atomic E-state index is 13.0. The predicted octanol–water partition coefficient (Wildman–Crippen LogP) is 1.97. The van der Waals surface area contributed by atoms with E-state index in [9.17, 15) is 9.18 Å². The number of hydrogen-bond acceptors (Lipinski definition) is 8.